The van der Waals surface area contributed by atoms with Gasteiger partial charge in [0, 0.05) is 11.6 Å². The normalized spacial score (nSPS) is 11.4. The number of hydrogen-bond acceptors (Lipinski definition) is 4. The van der Waals surface area contributed by atoms with Crippen molar-refractivity contribution in [3.8, 4) is 5.75 Å². The summed E-state index contributed by atoms with van der Waals surface area (Å²) >= 11 is 6.12. The first-order valence-electron chi connectivity index (χ1n) is 6.75. The fraction of sp³-hybridized carbons (Fsp3) is 0.375. The van der Waals surface area contributed by atoms with E-state index in [1.807, 2.05) is 32.9 Å². The van der Waals surface area contributed by atoms with Crippen molar-refractivity contribution in [3.05, 3.63) is 35.5 Å². The predicted molar refractivity (Wildman–Crippen MR) is 82.7 cm³/mol. The van der Waals surface area contributed by atoms with E-state index in [0.717, 1.165) is 5.39 Å². The number of ether oxygens (including phenoxy) is 2. The van der Waals surface area contributed by atoms with Crippen molar-refractivity contribution in [2.45, 2.75) is 32.8 Å². The molecule has 0 saturated carbocycles. The van der Waals surface area contributed by atoms with Gasteiger partial charge in [-0.2, -0.15) is 0 Å². The lowest BCUT2D eigenvalue weighted by Gasteiger charge is -2.19. The molecule has 0 aliphatic rings. The zero-order chi connectivity index (χ0) is 15.5. The Hall–Kier alpha value is -1.81. The number of hydrogen-bond donors (Lipinski definition) is 0. The number of carbonyl (C=O) groups is 1. The highest BCUT2D eigenvalue weighted by Crippen LogP contribution is 2.29. The molecular weight excluding hydrogens is 290 g/mol. The van der Waals surface area contributed by atoms with Crippen LogP contribution in [0.25, 0.3) is 10.9 Å². The van der Waals surface area contributed by atoms with Crippen molar-refractivity contribution in [3.63, 3.8) is 0 Å². The molecule has 1 aromatic heterocycles. The fourth-order valence-corrected chi connectivity index (χ4v) is 2.08. The van der Waals surface area contributed by atoms with Gasteiger partial charge in [-0.1, -0.05) is 11.6 Å². The summed E-state index contributed by atoms with van der Waals surface area (Å²) in [6.07, 6.45) is 1.87. The maximum Gasteiger partial charge on any atom is 0.309 e. The zero-order valence-electron chi connectivity index (χ0n) is 12.4. The second-order valence-corrected chi connectivity index (χ2v) is 6.04. The molecule has 0 radical (unpaired) electrons. The van der Waals surface area contributed by atoms with Crippen molar-refractivity contribution in [2.24, 2.45) is 0 Å². The number of pyridine rings is 1. The van der Waals surface area contributed by atoms with Crippen LogP contribution in [0.15, 0.2) is 30.5 Å². The van der Waals surface area contributed by atoms with Gasteiger partial charge in [0.25, 0.3) is 0 Å². The minimum Gasteiger partial charge on any atom is -0.491 e. The highest BCUT2D eigenvalue weighted by molar-refractivity contribution is 6.35. The van der Waals surface area contributed by atoms with Gasteiger partial charge in [-0.15, -0.1) is 0 Å². The van der Waals surface area contributed by atoms with E-state index in [2.05, 4.69) is 4.98 Å². The summed E-state index contributed by atoms with van der Waals surface area (Å²) < 4.78 is 10.9. The van der Waals surface area contributed by atoms with E-state index < -0.39 is 5.60 Å². The van der Waals surface area contributed by atoms with Crippen LogP contribution in [0.3, 0.4) is 0 Å². The Morgan fingerprint density at radius 3 is 2.76 bits per heavy atom. The van der Waals surface area contributed by atoms with E-state index in [-0.39, 0.29) is 19.0 Å². The molecule has 112 valence electrons. The van der Waals surface area contributed by atoms with E-state index in [1.54, 1.807) is 18.3 Å². The van der Waals surface area contributed by atoms with Gasteiger partial charge < -0.3 is 9.47 Å². The van der Waals surface area contributed by atoms with Gasteiger partial charge in [0.15, 0.2) is 0 Å². The molecule has 0 amide bonds. The average molecular weight is 308 g/mol. The maximum absolute atomic E-state index is 11.6. The number of carbonyl (C=O) groups excluding carboxylic acids is 1. The first-order valence-corrected chi connectivity index (χ1v) is 7.12. The molecule has 0 spiro atoms. The summed E-state index contributed by atoms with van der Waals surface area (Å²) in [4.78, 5) is 15.9. The Kier molecular flexibility index (Phi) is 4.68. The molecule has 4 nitrogen and oxygen atoms in total. The van der Waals surface area contributed by atoms with Crippen LogP contribution in [0.4, 0.5) is 0 Å². The third kappa shape index (κ3) is 4.33. The molecule has 2 rings (SSSR count). The first-order chi connectivity index (χ1) is 9.87. The van der Waals surface area contributed by atoms with E-state index in [9.17, 15) is 4.79 Å². The molecule has 1 aromatic carbocycles. The Labute approximate surface area is 129 Å². The van der Waals surface area contributed by atoms with Gasteiger partial charge in [-0.05, 0) is 45.0 Å². The van der Waals surface area contributed by atoms with Gasteiger partial charge in [-0.3, -0.25) is 9.78 Å². The van der Waals surface area contributed by atoms with Crippen LogP contribution in [0.5, 0.6) is 5.75 Å². The molecular formula is C16H18ClNO3. The number of rotatable bonds is 4. The molecule has 5 heteroatoms. The van der Waals surface area contributed by atoms with Gasteiger partial charge in [0.05, 0.1) is 18.1 Å². The van der Waals surface area contributed by atoms with E-state index >= 15 is 0 Å². The second kappa shape index (κ2) is 6.31. The molecule has 0 saturated heterocycles. The van der Waals surface area contributed by atoms with Crippen LogP contribution in [0.1, 0.15) is 27.2 Å². The Bertz CT molecular complexity index is 650. The molecule has 21 heavy (non-hydrogen) atoms. The van der Waals surface area contributed by atoms with Gasteiger partial charge >= 0.3 is 5.97 Å². The molecule has 2 aromatic rings. The van der Waals surface area contributed by atoms with Crippen molar-refractivity contribution >= 4 is 28.5 Å². The number of nitrogens with zero attached hydrogens (tertiary/aromatic N) is 1. The van der Waals surface area contributed by atoms with Crippen LogP contribution < -0.4 is 4.74 Å². The third-order valence-electron chi connectivity index (χ3n) is 2.66. The molecule has 0 bridgehead atoms. The second-order valence-electron chi connectivity index (χ2n) is 5.63. The van der Waals surface area contributed by atoms with E-state index in [4.69, 9.17) is 21.1 Å². The Morgan fingerprint density at radius 2 is 2.05 bits per heavy atom. The summed E-state index contributed by atoms with van der Waals surface area (Å²) in [5.74, 6) is 0.326. The number of halogens is 1. The van der Waals surface area contributed by atoms with Crippen LogP contribution in [0, 0.1) is 0 Å². The van der Waals surface area contributed by atoms with Crippen molar-refractivity contribution in [1.82, 2.24) is 4.98 Å². The SMILES string of the molecule is CC(C)(C)OC(=O)CCOc1ccc(Cl)c2cccnc12. The van der Waals surface area contributed by atoms with Gasteiger partial charge in [-0.25, -0.2) is 0 Å². The number of esters is 1. The highest BCUT2D eigenvalue weighted by Gasteiger charge is 2.16. The Morgan fingerprint density at radius 1 is 1.29 bits per heavy atom. The van der Waals surface area contributed by atoms with Crippen LogP contribution in [-0.2, 0) is 9.53 Å². The van der Waals surface area contributed by atoms with Crippen molar-refractivity contribution < 1.29 is 14.3 Å². The van der Waals surface area contributed by atoms with E-state index in [0.29, 0.717) is 16.3 Å². The predicted octanol–water partition coefficient (Wildman–Crippen LogP) is 4.00. The quantitative estimate of drug-likeness (QED) is 0.801. The smallest absolute Gasteiger partial charge is 0.309 e. The molecule has 1 heterocycles. The minimum absolute atomic E-state index is 0.189. The molecule has 0 unspecified atom stereocenters. The molecule has 0 aliphatic carbocycles. The number of benzene rings is 1. The summed E-state index contributed by atoms with van der Waals surface area (Å²) in [5, 5.41) is 1.45. The third-order valence-corrected chi connectivity index (χ3v) is 2.99. The number of fused-ring (bicyclic) bond motifs is 1. The Balaban J connectivity index is 2.02. The largest absolute Gasteiger partial charge is 0.491 e. The summed E-state index contributed by atoms with van der Waals surface area (Å²) in [6.45, 7) is 5.75. The lowest BCUT2D eigenvalue weighted by molar-refractivity contribution is -0.155. The van der Waals surface area contributed by atoms with Crippen LogP contribution in [0.2, 0.25) is 5.02 Å². The standard InChI is InChI=1S/C16H18ClNO3/c1-16(2,3)21-14(19)8-10-20-13-7-6-12(17)11-5-4-9-18-15(11)13/h4-7,9H,8,10H2,1-3H3. The maximum atomic E-state index is 11.6. The highest BCUT2D eigenvalue weighted by atomic mass is 35.5. The van der Waals surface area contributed by atoms with E-state index in [1.165, 1.54) is 0 Å². The summed E-state index contributed by atoms with van der Waals surface area (Å²) in [5.41, 5.74) is 0.209. The lowest BCUT2D eigenvalue weighted by Crippen LogP contribution is -2.24. The van der Waals surface area contributed by atoms with Crippen LogP contribution in [-0.4, -0.2) is 23.2 Å². The topological polar surface area (TPSA) is 48.4 Å². The molecule has 0 aliphatic heterocycles. The van der Waals surface area contributed by atoms with Crippen LogP contribution >= 0.6 is 11.6 Å². The summed E-state index contributed by atoms with van der Waals surface area (Å²) in [7, 11) is 0. The van der Waals surface area contributed by atoms with Gasteiger partial charge in [0.2, 0.25) is 0 Å². The number of aromatic nitrogens is 1. The fourth-order valence-electron chi connectivity index (χ4n) is 1.87. The summed E-state index contributed by atoms with van der Waals surface area (Å²) in [6, 6.07) is 7.21. The molecule has 0 N–H and O–H groups in total. The minimum atomic E-state index is -0.481. The lowest BCUT2D eigenvalue weighted by atomic mass is 10.2. The van der Waals surface area contributed by atoms with Crippen molar-refractivity contribution in [1.29, 1.82) is 0 Å². The molecule has 0 atom stereocenters. The average Bonchev–Trinajstić information content (AvgIpc) is 2.40. The van der Waals surface area contributed by atoms with Gasteiger partial charge in [0.1, 0.15) is 16.9 Å². The first kappa shape index (κ1) is 15.6. The molecule has 0 fully saturated rings. The van der Waals surface area contributed by atoms with Crippen molar-refractivity contribution in [2.75, 3.05) is 6.61 Å². The zero-order valence-corrected chi connectivity index (χ0v) is 13.1. The monoisotopic (exact) mass is 307 g/mol.